The molecule has 32 heavy (non-hydrogen) atoms. The van der Waals surface area contributed by atoms with Crippen LogP contribution in [0.25, 0.3) is 0 Å². The molecule has 0 saturated heterocycles. The molecule has 0 N–H and O–H groups in total. The first kappa shape index (κ1) is 25.1. The highest BCUT2D eigenvalue weighted by Gasteiger charge is 2.62. The van der Waals surface area contributed by atoms with Gasteiger partial charge in [-0.25, -0.2) is 0 Å². The summed E-state index contributed by atoms with van der Waals surface area (Å²) in [7, 11) is 0. The first-order valence-electron chi connectivity index (χ1n) is 14.8. The molecule has 4 rings (SSSR count). The summed E-state index contributed by atoms with van der Waals surface area (Å²) in [5.41, 5.74) is 1.72. The minimum atomic E-state index is 0.479. The van der Waals surface area contributed by atoms with Crippen molar-refractivity contribution in [2.45, 2.75) is 127 Å². The molecule has 0 spiro atoms. The highest BCUT2D eigenvalue weighted by molar-refractivity contribution is 5.11. The number of fused-ring (bicyclic) bond motifs is 5. The van der Waals surface area contributed by atoms with Crippen LogP contribution in [-0.4, -0.2) is 0 Å². The van der Waals surface area contributed by atoms with Crippen LogP contribution in [0.3, 0.4) is 0 Å². The second-order valence-electron chi connectivity index (χ2n) is 15.8. The van der Waals surface area contributed by atoms with Crippen molar-refractivity contribution in [3.63, 3.8) is 0 Å². The Morgan fingerprint density at radius 2 is 1.44 bits per heavy atom. The molecule has 0 heteroatoms. The largest absolute Gasteiger partial charge is 0.0622 e. The van der Waals surface area contributed by atoms with Crippen LogP contribution in [0.2, 0.25) is 0 Å². The fourth-order valence-corrected chi connectivity index (χ4v) is 10.5. The monoisotopic (exact) mass is 442 g/mol. The zero-order valence-corrected chi connectivity index (χ0v) is 23.6. The Morgan fingerprint density at radius 1 is 0.781 bits per heavy atom. The van der Waals surface area contributed by atoms with Crippen LogP contribution in [0.15, 0.2) is 0 Å². The van der Waals surface area contributed by atoms with E-state index in [-0.39, 0.29) is 0 Å². The van der Waals surface area contributed by atoms with Crippen molar-refractivity contribution < 1.29 is 0 Å². The summed E-state index contributed by atoms with van der Waals surface area (Å²) in [6.07, 6.45) is 13.5. The van der Waals surface area contributed by atoms with E-state index >= 15 is 0 Å². The molecule has 0 nitrogen and oxygen atoms in total. The number of hydrogen-bond donors (Lipinski definition) is 0. The summed E-state index contributed by atoms with van der Waals surface area (Å²) < 4.78 is 0. The maximum Gasteiger partial charge on any atom is -0.0261 e. The third-order valence-corrected chi connectivity index (χ3v) is 12.8. The van der Waals surface area contributed by atoms with Gasteiger partial charge in [0.05, 0.1) is 0 Å². The molecule has 3 unspecified atom stereocenters. The van der Waals surface area contributed by atoms with Crippen LogP contribution in [0.4, 0.5) is 0 Å². The van der Waals surface area contributed by atoms with Gasteiger partial charge in [0.25, 0.3) is 0 Å². The Hall–Kier alpha value is 0. The van der Waals surface area contributed by atoms with Gasteiger partial charge in [-0.15, -0.1) is 0 Å². The van der Waals surface area contributed by atoms with E-state index in [0.717, 1.165) is 59.2 Å². The lowest BCUT2D eigenvalue weighted by Gasteiger charge is -2.64. The van der Waals surface area contributed by atoms with Gasteiger partial charge in [0, 0.05) is 0 Å². The van der Waals surface area contributed by atoms with E-state index in [1.807, 2.05) is 0 Å². The van der Waals surface area contributed by atoms with Gasteiger partial charge in [0.2, 0.25) is 0 Å². The summed E-state index contributed by atoms with van der Waals surface area (Å²) in [6, 6.07) is 0. The van der Waals surface area contributed by atoms with Crippen molar-refractivity contribution in [2.24, 2.45) is 75.4 Å². The van der Waals surface area contributed by atoms with Crippen molar-refractivity contribution >= 4 is 0 Å². The van der Waals surface area contributed by atoms with Crippen LogP contribution >= 0.6 is 0 Å². The van der Waals surface area contributed by atoms with Crippen molar-refractivity contribution in [3.8, 4) is 0 Å². The molecule has 0 bridgehead atoms. The van der Waals surface area contributed by atoms with Crippen LogP contribution in [-0.2, 0) is 0 Å². The van der Waals surface area contributed by atoms with Crippen LogP contribution in [0.5, 0.6) is 0 Å². The maximum atomic E-state index is 2.77. The molecule has 0 aromatic heterocycles. The minimum absolute atomic E-state index is 0.479. The van der Waals surface area contributed by atoms with Crippen molar-refractivity contribution in [1.82, 2.24) is 0 Å². The molecule has 12 atom stereocenters. The van der Waals surface area contributed by atoms with Gasteiger partial charge < -0.3 is 0 Å². The lowest BCUT2D eigenvalue weighted by molar-refractivity contribution is -0.150. The predicted octanol–water partition coefficient (Wildman–Crippen LogP) is 9.87. The van der Waals surface area contributed by atoms with E-state index < -0.39 is 0 Å². The number of hydrogen-bond acceptors (Lipinski definition) is 0. The zero-order valence-electron chi connectivity index (χ0n) is 23.6. The Morgan fingerprint density at radius 3 is 2.09 bits per heavy atom. The van der Waals surface area contributed by atoms with E-state index in [2.05, 4.69) is 69.2 Å². The van der Waals surface area contributed by atoms with Gasteiger partial charge in [-0.3, -0.25) is 0 Å². The summed E-state index contributed by atoms with van der Waals surface area (Å²) in [6.45, 7) is 25.8. The lowest BCUT2D eigenvalue weighted by Crippen LogP contribution is -2.57. The Kier molecular flexibility index (Phi) is 6.74. The van der Waals surface area contributed by atoms with E-state index in [1.165, 1.54) is 51.4 Å². The van der Waals surface area contributed by atoms with Gasteiger partial charge in [-0.1, -0.05) is 69.2 Å². The van der Waals surface area contributed by atoms with Gasteiger partial charge >= 0.3 is 0 Å². The van der Waals surface area contributed by atoms with Crippen LogP contribution < -0.4 is 0 Å². The standard InChI is InChI=1S/C32H58/c1-20(13-15-30(6,7)8)24(5)26-11-12-27-25-17-22(3)29-18-21(2)23(4)19-32(29,10)28(25)14-16-31(26,27)9/h20-29H,11-19H2,1-10H3/t20-,21+,22+,23+,24-,25?,26-,27?,28?,29+,31-,32-/m1/s1. The molecule has 0 heterocycles. The molecular formula is C32H58. The van der Waals surface area contributed by atoms with Crippen LogP contribution in [0.1, 0.15) is 127 Å². The quantitative estimate of drug-likeness (QED) is 0.406. The SMILES string of the molecule is C[C@H]([C@H](C)CCC(C)(C)C)[C@H]1CCC2C3C[C@H](C)[C@@H]4C[C@H](C)[C@@H](C)C[C@]4(C)C3CC[C@@]21C. The summed E-state index contributed by atoms with van der Waals surface area (Å²) in [5.74, 6) is 9.59. The molecule has 0 amide bonds. The molecule has 4 aliphatic carbocycles. The second kappa shape index (κ2) is 8.59. The molecule has 4 fully saturated rings. The van der Waals surface area contributed by atoms with E-state index in [1.54, 1.807) is 6.42 Å². The Bertz CT molecular complexity index is 655. The normalized spacial score (nSPS) is 50.8. The maximum absolute atomic E-state index is 2.77. The molecule has 0 aromatic rings. The summed E-state index contributed by atoms with van der Waals surface area (Å²) in [4.78, 5) is 0. The topological polar surface area (TPSA) is 0 Å². The fourth-order valence-electron chi connectivity index (χ4n) is 10.5. The lowest BCUT2D eigenvalue weighted by atomic mass is 9.41. The Labute approximate surface area is 202 Å². The minimum Gasteiger partial charge on any atom is -0.0622 e. The Balaban J connectivity index is 1.52. The van der Waals surface area contributed by atoms with Gasteiger partial charge in [-0.05, 0) is 133 Å². The van der Waals surface area contributed by atoms with Crippen molar-refractivity contribution in [2.75, 3.05) is 0 Å². The van der Waals surface area contributed by atoms with Crippen LogP contribution in [0, 0.1) is 75.4 Å². The molecule has 4 saturated carbocycles. The van der Waals surface area contributed by atoms with E-state index in [4.69, 9.17) is 0 Å². The highest BCUT2D eigenvalue weighted by atomic mass is 14.7. The summed E-state index contributed by atoms with van der Waals surface area (Å²) >= 11 is 0. The molecule has 4 aliphatic rings. The predicted molar refractivity (Wildman–Crippen MR) is 140 cm³/mol. The zero-order chi connectivity index (χ0) is 23.6. The van der Waals surface area contributed by atoms with Gasteiger partial charge in [0.1, 0.15) is 0 Å². The molecule has 0 aromatic carbocycles. The number of rotatable bonds is 4. The van der Waals surface area contributed by atoms with Gasteiger partial charge in [-0.2, -0.15) is 0 Å². The molecular weight excluding hydrogens is 384 g/mol. The first-order valence-corrected chi connectivity index (χ1v) is 14.8. The second-order valence-corrected chi connectivity index (χ2v) is 15.8. The molecule has 0 aliphatic heterocycles. The smallest absolute Gasteiger partial charge is 0.0261 e. The molecule has 0 radical (unpaired) electrons. The van der Waals surface area contributed by atoms with E-state index in [9.17, 15) is 0 Å². The first-order chi connectivity index (χ1) is 14.8. The highest BCUT2D eigenvalue weighted by Crippen LogP contribution is 2.70. The molecule has 186 valence electrons. The third kappa shape index (κ3) is 4.15. The third-order valence-electron chi connectivity index (χ3n) is 12.8. The summed E-state index contributed by atoms with van der Waals surface area (Å²) in [5, 5.41) is 0. The van der Waals surface area contributed by atoms with Crippen molar-refractivity contribution in [1.29, 1.82) is 0 Å². The van der Waals surface area contributed by atoms with Gasteiger partial charge in [0.15, 0.2) is 0 Å². The van der Waals surface area contributed by atoms with Crippen molar-refractivity contribution in [3.05, 3.63) is 0 Å². The average molecular weight is 443 g/mol. The fraction of sp³-hybridized carbons (Fsp3) is 1.00. The van der Waals surface area contributed by atoms with E-state index in [0.29, 0.717) is 16.2 Å². The average Bonchev–Trinajstić information content (AvgIpc) is 3.04.